The van der Waals surface area contributed by atoms with Crippen LogP contribution in [0.3, 0.4) is 0 Å². The molecule has 3 N–H and O–H groups in total. The number of ether oxygens (including phenoxy) is 1. The molecule has 29 heavy (non-hydrogen) atoms. The molecule has 2 bridgehead atoms. The minimum absolute atomic E-state index is 0.152. The van der Waals surface area contributed by atoms with Gasteiger partial charge in [-0.3, -0.25) is 4.79 Å². The van der Waals surface area contributed by atoms with E-state index in [1.54, 1.807) is 60.7 Å². The van der Waals surface area contributed by atoms with Gasteiger partial charge in [0, 0.05) is 28.1 Å². The van der Waals surface area contributed by atoms with E-state index in [1.165, 1.54) is 11.2 Å². The number of aliphatic hydroxyl groups is 1. The summed E-state index contributed by atoms with van der Waals surface area (Å²) in [5.74, 6) is 0.913. The molecular formula is C20H24N4O5+2. The summed E-state index contributed by atoms with van der Waals surface area (Å²) in [6.45, 7) is 1.77. The van der Waals surface area contributed by atoms with Crippen LogP contribution in [-0.2, 0) is 0 Å². The monoisotopic (exact) mass is 400 g/mol. The van der Waals surface area contributed by atoms with Crippen LogP contribution >= 0.6 is 0 Å². The zero-order valence-corrected chi connectivity index (χ0v) is 16.3. The summed E-state index contributed by atoms with van der Waals surface area (Å²) in [6.07, 6.45) is 8.66. The predicted octanol–water partition coefficient (Wildman–Crippen LogP) is 1.41. The molecule has 0 fully saturated rings. The fraction of sp³-hybridized carbons (Fsp3) is 0.300. The Hall–Kier alpha value is -3.14. The summed E-state index contributed by atoms with van der Waals surface area (Å²) in [5, 5.41) is 32.8. The number of nitrogens with zero attached hydrogens (tertiary/aromatic N) is 4. The van der Waals surface area contributed by atoms with Gasteiger partial charge in [-0.05, 0) is 36.4 Å². The van der Waals surface area contributed by atoms with Crippen LogP contribution in [-0.4, -0.2) is 72.5 Å². The van der Waals surface area contributed by atoms with E-state index in [2.05, 4.69) is 0 Å². The Morgan fingerprint density at radius 3 is 2.59 bits per heavy atom. The normalized spacial score (nSPS) is 27.2. The summed E-state index contributed by atoms with van der Waals surface area (Å²) >= 11 is 0. The van der Waals surface area contributed by atoms with E-state index >= 15 is 0 Å². The van der Waals surface area contributed by atoms with E-state index in [9.17, 15) is 20.3 Å². The zero-order valence-electron chi connectivity index (χ0n) is 16.3. The maximum absolute atomic E-state index is 13.9. The number of Topliss-reactive ketones (excluding diaryl/α,β-unsaturated/α-hetero) is 1. The summed E-state index contributed by atoms with van der Waals surface area (Å²) in [6, 6.07) is 6.69. The van der Waals surface area contributed by atoms with Crippen LogP contribution in [0.5, 0.6) is 5.75 Å². The molecule has 4 heterocycles. The van der Waals surface area contributed by atoms with Gasteiger partial charge in [-0.15, -0.1) is 0 Å². The van der Waals surface area contributed by atoms with Gasteiger partial charge in [0.2, 0.25) is 5.78 Å². The molecule has 0 aliphatic carbocycles. The molecule has 1 aromatic rings. The number of benzene rings is 1. The highest BCUT2D eigenvalue weighted by Gasteiger charge is 2.79. The maximum Gasteiger partial charge on any atom is 0.439 e. The van der Waals surface area contributed by atoms with E-state index in [4.69, 9.17) is 4.74 Å². The number of quaternary nitrogens is 1. The number of hydrogen-bond acceptors (Lipinski definition) is 7. The van der Waals surface area contributed by atoms with E-state index in [0.29, 0.717) is 29.4 Å². The van der Waals surface area contributed by atoms with Crippen molar-refractivity contribution in [2.24, 2.45) is 0 Å². The highest BCUT2D eigenvalue weighted by atomic mass is 16.6. The Morgan fingerprint density at radius 2 is 2.00 bits per heavy atom. The summed E-state index contributed by atoms with van der Waals surface area (Å²) in [5.41, 5.74) is -1.08. The first-order chi connectivity index (χ1) is 13.9. The van der Waals surface area contributed by atoms with Crippen molar-refractivity contribution in [3.05, 3.63) is 66.3 Å². The number of hydrogen-bond donors (Lipinski definition) is 3. The van der Waals surface area contributed by atoms with E-state index < -0.39 is 10.4 Å². The molecule has 5 rings (SSSR count). The quantitative estimate of drug-likeness (QED) is 0.276. The van der Waals surface area contributed by atoms with Crippen molar-refractivity contribution in [1.82, 2.24) is 9.91 Å². The zero-order chi connectivity index (χ0) is 20.8. The topological polar surface area (TPSA) is 96.5 Å². The number of hydroxylamine groups is 3. The number of rotatable bonds is 7. The van der Waals surface area contributed by atoms with Crippen LogP contribution < -0.4 is 4.74 Å². The third-order valence-electron chi connectivity index (χ3n) is 5.47. The second-order valence-corrected chi connectivity index (χ2v) is 6.93. The van der Waals surface area contributed by atoms with Crippen molar-refractivity contribution < 1.29 is 34.5 Å². The Kier molecular flexibility index (Phi) is 4.45. The van der Waals surface area contributed by atoms with Gasteiger partial charge in [0.1, 0.15) is 5.75 Å². The Labute approximate surface area is 168 Å². The molecule has 0 saturated heterocycles. The average molecular weight is 400 g/mol. The molecule has 4 aliphatic heterocycles. The Morgan fingerprint density at radius 1 is 1.28 bits per heavy atom. The van der Waals surface area contributed by atoms with Crippen molar-refractivity contribution in [3.8, 4) is 5.75 Å². The van der Waals surface area contributed by atoms with Crippen LogP contribution in [0.25, 0.3) is 0 Å². The molecule has 0 aromatic heterocycles. The van der Waals surface area contributed by atoms with Crippen LogP contribution in [0.2, 0.25) is 0 Å². The third kappa shape index (κ3) is 2.45. The number of aliphatic hydroxyl groups excluding tert-OH is 1. The SMILES string of the molecule is CCC1=[N+](O)C2=C[N+]1(O)N2C1(C(=O)c2ccc(OC)cc2)C=CC=CN1CCO. The summed E-state index contributed by atoms with van der Waals surface area (Å²) in [4.78, 5) is 15.5. The van der Waals surface area contributed by atoms with Crippen LogP contribution in [0.4, 0.5) is 0 Å². The molecular weight excluding hydrogens is 376 g/mol. The first kappa shape index (κ1) is 19.2. The number of carbonyl (C=O) groups is 1. The molecule has 4 aliphatic rings. The minimum atomic E-state index is -1.48. The molecule has 0 spiro atoms. The van der Waals surface area contributed by atoms with E-state index in [0.717, 1.165) is 4.74 Å². The van der Waals surface area contributed by atoms with Gasteiger partial charge in [0.15, 0.2) is 0 Å². The van der Waals surface area contributed by atoms with Gasteiger partial charge in [-0.25, -0.2) is 0 Å². The number of allylic oxidation sites excluding steroid dienone is 2. The van der Waals surface area contributed by atoms with Gasteiger partial charge in [-0.1, -0.05) is 13.0 Å². The van der Waals surface area contributed by atoms with E-state index in [1.807, 2.05) is 6.92 Å². The summed E-state index contributed by atoms with van der Waals surface area (Å²) < 4.78 is 5.28. The first-order valence-electron chi connectivity index (χ1n) is 9.37. The predicted molar refractivity (Wildman–Crippen MR) is 101 cm³/mol. The summed E-state index contributed by atoms with van der Waals surface area (Å²) in [7, 11) is 1.55. The van der Waals surface area contributed by atoms with Gasteiger partial charge >= 0.3 is 17.3 Å². The highest BCUT2D eigenvalue weighted by molar-refractivity contribution is 6.05. The average Bonchev–Trinajstić information content (AvgIpc) is 3.11. The molecule has 2 unspecified atom stereocenters. The van der Waals surface area contributed by atoms with Crippen molar-refractivity contribution in [2.75, 3.05) is 20.3 Å². The molecule has 0 amide bonds. The van der Waals surface area contributed by atoms with E-state index in [-0.39, 0.29) is 18.9 Å². The highest BCUT2D eigenvalue weighted by Crippen LogP contribution is 2.47. The Balaban J connectivity index is 1.84. The lowest BCUT2D eigenvalue weighted by Gasteiger charge is -2.45. The van der Waals surface area contributed by atoms with Crippen LogP contribution in [0.1, 0.15) is 23.7 Å². The fourth-order valence-electron chi connectivity index (χ4n) is 4.12. The second kappa shape index (κ2) is 6.73. The minimum Gasteiger partial charge on any atom is -0.497 e. The third-order valence-corrected chi connectivity index (χ3v) is 5.47. The van der Waals surface area contributed by atoms with Crippen LogP contribution in [0, 0.1) is 0 Å². The lowest BCUT2D eigenvalue weighted by molar-refractivity contribution is -1.10. The number of carbonyl (C=O) groups excluding carboxylic acids is 1. The van der Waals surface area contributed by atoms with Crippen molar-refractivity contribution in [2.45, 2.75) is 19.0 Å². The molecule has 2 atom stereocenters. The molecule has 0 saturated carbocycles. The fourth-order valence-corrected chi connectivity index (χ4v) is 4.12. The second-order valence-electron chi connectivity index (χ2n) is 6.93. The number of β-amino-alcohol motifs (C(OH)–C–C–N with tert-alkyl or cyclic N) is 1. The maximum atomic E-state index is 13.9. The van der Waals surface area contributed by atoms with Gasteiger partial charge in [0.05, 0.1) is 24.9 Å². The smallest absolute Gasteiger partial charge is 0.439 e. The molecule has 0 radical (unpaired) electrons. The van der Waals surface area contributed by atoms with Crippen LogP contribution in [0.15, 0.2) is 60.7 Å². The Bertz CT molecular complexity index is 968. The molecule has 1 aromatic carbocycles. The van der Waals surface area contributed by atoms with Crippen molar-refractivity contribution >= 4 is 11.6 Å². The van der Waals surface area contributed by atoms with Gasteiger partial charge in [-0.2, -0.15) is 5.21 Å². The van der Waals surface area contributed by atoms with Crippen molar-refractivity contribution in [3.63, 3.8) is 0 Å². The standard InChI is InChI=1S/C20H24N4O5/c1-3-18-22(27)17-14-24(18,28)23(17)20(10-4-5-11-21(20)12-13-25)19(26)15-6-8-16(29-2)9-7-15/h4-11,14,25,27-28H,3,12-13H2,1-2H3/q+2. The van der Waals surface area contributed by atoms with Gasteiger partial charge < -0.3 is 20.0 Å². The lowest BCUT2D eigenvalue weighted by atomic mass is 9.92. The molecule has 152 valence electrons. The van der Waals surface area contributed by atoms with Gasteiger partial charge in [0.25, 0.3) is 6.20 Å². The number of methoxy groups -OCH3 is 1. The number of ketones is 1. The molecule has 9 heteroatoms. The molecule has 9 nitrogen and oxygen atoms in total. The first-order valence-corrected chi connectivity index (χ1v) is 9.37. The largest absolute Gasteiger partial charge is 0.497 e. The number of amidine groups is 1. The van der Waals surface area contributed by atoms with Crippen molar-refractivity contribution in [1.29, 1.82) is 0 Å². The lowest BCUT2D eigenvalue weighted by Crippen LogP contribution is -2.74.